The average Bonchev–Trinajstić information content (AvgIpc) is 2.91. The molecule has 0 atom stereocenters. The average molecular weight is 547 g/mol. The van der Waals surface area contributed by atoms with Crippen LogP contribution in [0.25, 0.3) is 11.1 Å². The largest absolute Gasteiger partial charge is 0.573 e. The van der Waals surface area contributed by atoms with Crippen molar-refractivity contribution >= 4 is 0 Å². The van der Waals surface area contributed by atoms with E-state index in [1.165, 1.54) is 56.7 Å². The minimum absolute atomic E-state index is 0.0215. The zero-order valence-corrected chi connectivity index (χ0v) is 22.2. The zero-order valence-electron chi connectivity index (χ0n) is 22.2. The molecule has 1 aliphatic carbocycles. The second-order valence-corrected chi connectivity index (χ2v) is 10.4. The molecule has 0 heterocycles. The van der Waals surface area contributed by atoms with Crippen molar-refractivity contribution in [3.63, 3.8) is 0 Å². The molecule has 0 bridgehead atoms. The van der Waals surface area contributed by atoms with Gasteiger partial charge in [-0.15, -0.1) is 13.2 Å². The van der Waals surface area contributed by atoms with E-state index in [1.807, 2.05) is 0 Å². The van der Waals surface area contributed by atoms with Crippen molar-refractivity contribution < 1.29 is 31.4 Å². The van der Waals surface area contributed by atoms with Crippen LogP contribution >= 0.6 is 0 Å². The molecule has 4 rings (SSSR count). The van der Waals surface area contributed by atoms with Crippen LogP contribution in [-0.4, -0.2) is 6.36 Å². The Balaban J connectivity index is 1.52. The topological polar surface area (TPSA) is 18.5 Å². The van der Waals surface area contributed by atoms with Gasteiger partial charge in [-0.1, -0.05) is 88.6 Å². The van der Waals surface area contributed by atoms with Crippen LogP contribution in [-0.2, 0) is 6.42 Å². The third-order valence-electron chi connectivity index (χ3n) is 7.62. The van der Waals surface area contributed by atoms with Crippen LogP contribution in [0.4, 0.5) is 22.0 Å². The number of rotatable bonds is 11. The highest BCUT2D eigenvalue weighted by Gasteiger charge is 2.31. The predicted molar refractivity (Wildman–Crippen MR) is 143 cm³/mol. The van der Waals surface area contributed by atoms with E-state index in [1.54, 1.807) is 30.3 Å². The molecule has 39 heavy (non-hydrogen) atoms. The highest BCUT2D eigenvalue weighted by atomic mass is 19.4. The van der Waals surface area contributed by atoms with Gasteiger partial charge in [-0.3, -0.25) is 0 Å². The van der Waals surface area contributed by atoms with E-state index in [0.29, 0.717) is 17.9 Å². The fourth-order valence-electron chi connectivity index (χ4n) is 5.47. The lowest BCUT2D eigenvalue weighted by molar-refractivity contribution is -0.274. The first-order valence-electron chi connectivity index (χ1n) is 13.8. The van der Waals surface area contributed by atoms with Crippen LogP contribution in [0, 0.1) is 23.5 Å². The molecular formula is C32H35F5O2. The van der Waals surface area contributed by atoms with E-state index in [2.05, 4.69) is 11.7 Å². The van der Waals surface area contributed by atoms with E-state index in [4.69, 9.17) is 4.74 Å². The SMILES string of the molecule is CCCCC[C@H]1CC[C@H](CCc2c(F)cc(-c3ccccc3)c(Oc3ccc(OC(F)(F)F)cc3)c2F)CC1. The Hall–Kier alpha value is -3.09. The van der Waals surface area contributed by atoms with Crippen molar-refractivity contribution in [2.75, 3.05) is 0 Å². The summed E-state index contributed by atoms with van der Waals surface area (Å²) in [6.45, 7) is 2.21. The quantitative estimate of drug-likeness (QED) is 0.176. The maximum absolute atomic E-state index is 15.9. The van der Waals surface area contributed by atoms with Crippen molar-refractivity contribution in [3.8, 4) is 28.4 Å². The second-order valence-electron chi connectivity index (χ2n) is 10.4. The van der Waals surface area contributed by atoms with Gasteiger partial charge in [0.25, 0.3) is 0 Å². The van der Waals surface area contributed by atoms with Crippen molar-refractivity contribution in [1.82, 2.24) is 0 Å². The summed E-state index contributed by atoms with van der Waals surface area (Å²) in [7, 11) is 0. The predicted octanol–water partition coefficient (Wildman–Crippen LogP) is 10.6. The first kappa shape index (κ1) is 28.9. The molecule has 1 fully saturated rings. The Morgan fingerprint density at radius 1 is 0.795 bits per heavy atom. The number of unbranched alkanes of at least 4 members (excludes halogenated alkanes) is 2. The minimum atomic E-state index is -4.82. The summed E-state index contributed by atoms with van der Waals surface area (Å²) in [5, 5.41) is 0. The summed E-state index contributed by atoms with van der Waals surface area (Å²) < 4.78 is 78.5. The molecule has 3 aromatic rings. The summed E-state index contributed by atoms with van der Waals surface area (Å²) in [5.74, 6) is -0.664. The molecule has 1 aliphatic rings. The summed E-state index contributed by atoms with van der Waals surface area (Å²) in [6, 6.07) is 14.7. The standard InChI is InChI=1S/C32H35F5O2/c1-2-3-5-8-22-11-13-23(14-12-22)15-20-27-29(33)21-28(24-9-6-4-7-10-24)31(30(27)34)38-25-16-18-26(19-17-25)39-32(35,36)37/h4,6-7,9-10,16-19,21-23H,2-3,5,8,11-15,20H2,1H3/t22-,23-. The molecule has 7 heteroatoms. The normalized spacial score (nSPS) is 17.7. The molecule has 1 saturated carbocycles. The summed E-state index contributed by atoms with van der Waals surface area (Å²) in [6.07, 6.45) is 5.68. The van der Waals surface area contributed by atoms with Gasteiger partial charge in [0, 0.05) is 11.1 Å². The first-order chi connectivity index (χ1) is 18.7. The molecule has 0 unspecified atom stereocenters. The maximum atomic E-state index is 15.9. The van der Waals surface area contributed by atoms with E-state index < -0.39 is 23.7 Å². The van der Waals surface area contributed by atoms with Crippen molar-refractivity contribution in [1.29, 1.82) is 0 Å². The van der Waals surface area contributed by atoms with Crippen LogP contribution in [0.1, 0.15) is 70.3 Å². The number of halogens is 5. The highest BCUT2D eigenvalue weighted by Crippen LogP contribution is 2.41. The van der Waals surface area contributed by atoms with Gasteiger partial charge < -0.3 is 9.47 Å². The molecule has 0 aliphatic heterocycles. The molecule has 0 radical (unpaired) electrons. The van der Waals surface area contributed by atoms with Gasteiger partial charge in [-0.25, -0.2) is 8.78 Å². The fourth-order valence-corrected chi connectivity index (χ4v) is 5.47. The maximum Gasteiger partial charge on any atom is 0.573 e. The minimum Gasteiger partial charge on any atom is -0.454 e. The third kappa shape index (κ3) is 8.20. The molecule has 0 amide bonds. The molecule has 0 spiro atoms. The van der Waals surface area contributed by atoms with Crippen LogP contribution in [0.5, 0.6) is 17.2 Å². The highest BCUT2D eigenvalue weighted by molar-refractivity contribution is 5.72. The van der Waals surface area contributed by atoms with E-state index in [0.717, 1.165) is 30.9 Å². The van der Waals surface area contributed by atoms with Crippen LogP contribution in [0.3, 0.4) is 0 Å². The molecule has 3 aromatic carbocycles. The van der Waals surface area contributed by atoms with Gasteiger partial charge in [0.2, 0.25) is 0 Å². The lowest BCUT2D eigenvalue weighted by Crippen LogP contribution is -2.16. The Kier molecular flexibility index (Phi) is 9.87. The van der Waals surface area contributed by atoms with Crippen LogP contribution < -0.4 is 9.47 Å². The Bertz CT molecular complexity index is 1180. The summed E-state index contributed by atoms with van der Waals surface area (Å²) in [4.78, 5) is 0. The number of alkyl halides is 3. The Labute approximate surface area is 227 Å². The van der Waals surface area contributed by atoms with Gasteiger partial charge in [0.05, 0.1) is 0 Å². The van der Waals surface area contributed by atoms with Crippen LogP contribution in [0.2, 0.25) is 0 Å². The van der Waals surface area contributed by atoms with E-state index in [9.17, 15) is 13.2 Å². The monoisotopic (exact) mass is 546 g/mol. The summed E-state index contributed by atoms with van der Waals surface area (Å²) >= 11 is 0. The molecule has 0 N–H and O–H groups in total. The lowest BCUT2D eigenvalue weighted by atomic mass is 9.77. The van der Waals surface area contributed by atoms with E-state index in [-0.39, 0.29) is 29.0 Å². The van der Waals surface area contributed by atoms with Crippen molar-refractivity contribution in [2.24, 2.45) is 11.8 Å². The smallest absolute Gasteiger partial charge is 0.454 e. The molecule has 0 saturated heterocycles. The summed E-state index contributed by atoms with van der Waals surface area (Å²) in [5.41, 5.74) is 0.777. The van der Waals surface area contributed by atoms with Gasteiger partial charge in [-0.05, 0) is 60.6 Å². The van der Waals surface area contributed by atoms with Gasteiger partial charge in [0.15, 0.2) is 11.6 Å². The third-order valence-corrected chi connectivity index (χ3v) is 7.62. The zero-order chi connectivity index (χ0) is 27.8. The number of hydrogen-bond donors (Lipinski definition) is 0. The van der Waals surface area contributed by atoms with Crippen LogP contribution in [0.15, 0.2) is 60.7 Å². The molecule has 0 aromatic heterocycles. The Morgan fingerprint density at radius 3 is 2.03 bits per heavy atom. The molecular weight excluding hydrogens is 511 g/mol. The Morgan fingerprint density at radius 2 is 1.41 bits per heavy atom. The number of ether oxygens (including phenoxy) is 2. The first-order valence-corrected chi connectivity index (χ1v) is 13.8. The fraction of sp³-hybridized carbons (Fsp3) is 0.438. The molecule has 2 nitrogen and oxygen atoms in total. The van der Waals surface area contributed by atoms with Gasteiger partial charge in [0.1, 0.15) is 17.3 Å². The molecule has 210 valence electrons. The van der Waals surface area contributed by atoms with Gasteiger partial charge in [-0.2, -0.15) is 0 Å². The van der Waals surface area contributed by atoms with Crippen molar-refractivity contribution in [2.45, 2.75) is 77.5 Å². The van der Waals surface area contributed by atoms with E-state index >= 15 is 8.78 Å². The van der Waals surface area contributed by atoms with Crippen molar-refractivity contribution in [3.05, 3.63) is 77.9 Å². The number of benzene rings is 3. The van der Waals surface area contributed by atoms with Gasteiger partial charge >= 0.3 is 6.36 Å². The number of hydrogen-bond acceptors (Lipinski definition) is 2. The lowest BCUT2D eigenvalue weighted by Gasteiger charge is -2.28. The second kappa shape index (κ2) is 13.3.